The van der Waals surface area contributed by atoms with E-state index < -0.39 is 0 Å². The van der Waals surface area contributed by atoms with Gasteiger partial charge in [0.25, 0.3) is 0 Å². The number of hydrogen-bond donors (Lipinski definition) is 1. The summed E-state index contributed by atoms with van der Waals surface area (Å²) >= 11 is 0. The first kappa shape index (κ1) is 10.5. The Morgan fingerprint density at radius 3 is 3.07 bits per heavy atom. The summed E-state index contributed by atoms with van der Waals surface area (Å²) in [6.07, 6.45) is 2.27. The lowest BCUT2D eigenvalue weighted by molar-refractivity contribution is 0.104. The fourth-order valence-corrected chi connectivity index (χ4v) is 1.86. The molecule has 0 aliphatic carbocycles. The molecular formula is C11H17N3O. The minimum absolute atomic E-state index is 0.112. The van der Waals surface area contributed by atoms with Crippen LogP contribution in [-0.4, -0.2) is 23.6 Å². The third-order valence-corrected chi connectivity index (χ3v) is 2.50. The maximum Gasteiger partial charge on any atom is 0.157 e. The molecule has 4 nitrogen and oxygen atoms in total. The summed E-state index contributed by atoms with van der Waals surface area (Å²) in [5.74, 6) is 0.845. The first-order valence-corrected chi connectivity index (χ1v) is 5.40. The molecule has 1 atom stereocenters. The van der Waals surface area contributed by atoms with E-state index in [0.29, 0.717) is 0 Å². The van der Waals surface area contributed by atoms with Crippen molar-refractivity contribution in [1.82, 2.24) is 15.3 Å². The van der Waals surface area contributed by atoms with E-state index in [2.05, 4.69) is 15.3 Å². The second kappa shape index (κ2) is 4.68. The molecule has 1 N–H and O–H groups in total. The largest absolute Gasteiger partial charge is 0.370 e. The molecule has 82 valence electrons. The van der Waals surface area contributed by atoms with Crippen molar-refractivity contribution >= 4 is 0 Å². The van der Waals surface area contributed by atoms with Crippen LogP contribution in [0.15, 0.2) is 6.07 Å². The van der Waals surface area contributed by atoms with Crippen LogP contribution in [0.1, 0.15) is 36.2 Å². The van der Waals surface area contributed by atoms with Crippen molar-refractivity contribution in [2.45, 2.75) is 32.4 Å². The van der Waals surface area contributed by atoms with E-state index in [-0.39, 0.29) is 6.10 Å². The van der Waals surface area contributed by atoms with Crippen LogP contribution in [0.4, 0.5) is 0 Å². The van der Waals surface area contributed by atoms with Gasteiger partial charge in [-0.05, 0) is 32.9 Å². The van der Waals surface area contributed by atoms with Gasteiger partial charge >= 0.3 is 0 Å². The zero-order chi connectivity index (χ0) is 10.7. The van der Waals surface area contributed by atoms with Crippen molar-refractivity contribution in [1.29, 1.82) is 0 Å². The van der Waals surface area contributed by atoms with Crippen molar-refractivity contribution in [3.05, 3.63) is 23.3 Å². The second-order valence-electron chi connectivity index (χ2n) is 3.89. The summed E-state index contributed by atoms with van der Waals surface area (Å²) in [4.78, 5) is 8.94. The monoisotopic (exact) mass is 207 g/mol. The van der Waals surface area contributed by atoms with Crippen molar-refractivity contribution in [3.8, 4) is 0 Å². The SMILES string of the molecule is CNCc1cc(C)nc(C2CCCO2)n1. The molecule has 1 fully saturated rings. The van der Waals surface area contributed by atoms with Crippen molar-refractivity contribution in [3.63, 3.8) is 0 Å². The number of nitrogens with one attached hydrogen (secondary N) is 1. The molecule has 1 saturated heterocycles. The standard InChI is InChI=1S/C11H17N3O/c1-8-6-9(7-12-2)14-11(13-8)10-4-3-5-15-10/h6,10,12H,3-5,7H2,1-2H3. The molecule has 1 aliphatic rings. The van der Waals surface area contributed by atoms with E-state index in [1.807, 2.05) is 20.0 Å². The highest BCUT2D eigenvalue weighted by Gasteiger charge is 2.20. The molecule has 1 aromatic heterocycles. The number of aromatic nitrogens is 2. The van der Waals surface area contributed by atoms with Crippen LogP contribution in [0.3, 0.4) is 0 Å². The predicted molar refractivity (Wildman–Crippen MR) is 57.5 cm³/mol. The van der Waals surface area contributed by atoms with E-state index in [1.165, 1.54) is 0 Å². The first-order chi connectivity index (χ1) is 7.29. The Balaban J connectivity index is 2.22. The lowest BCUT2D eigenvalue weighted by Gasteiger charge is -2.10. The fraction of sp³-hybridized carbons (Fsp3) is 0.636. The smallest absolute Gasteiger partial charge is 0.157 e. The van der Waals surface area contributed by atoms with Gasteiger partial charge in [-0.1, -0.05) is 0 Å². The molecule has 0 amide bonds. The Kier molecular flexibility index (Phi) is 3.28. The summed E-state index contributed by atoms with van der Waals surface area (Å²) in [6, 6.07) is 2.01. The van der Waals surface area contributed by atoms with E-state index in [1.54, 1.807) is 0 Å². The number of rotatable bonds is 3. The van der Waals surface area contributed by atoms with Gasteiger partial charge in [-0.15, -0.1) is 0 Å². The van der Waals surface area contributed by atoms with Gasteiger partial charge in [0.05, 0.1) is 5.69 Å². The molecule has 1 aliphatic heterocycles. The quantitative estimate of drug-likeness (QED) is 0.813. The zero-order valence-corrected chi connectivity index (χ0v) is 9.29. The van der Waals surface area contributed by atoms with Crippen LogP contribution in [0.5, 0.6) is 0 Å². The molecule has 0 spiro atoms. The van der Waals surface area contributed by atoms with Gasteiger partial charge < -0.3 is 10.1 Å². The van der Waals surface area contributed by atoms with Crippen LogP contribution in [0.2, 0.25) is 0 Å². The topological polar surface area (TPSA) is 47.0 Å². The van der Waals surface area contributed by atoms with Gasteiger partial charge in [-0.25, -0.2) is 9.97 Å². The van der Waals surface area contributed by atoms with Gasteiger partial charge in [-0.2, -0.15) is 0 Å². The van der Waals surface area contributed by atoms with E-state index in [0.717, 1.165) is 43.2 Å². The third-order valence-electron chi connectivity index (χ3n) is 2.50. The van der Waals surface area contributed by atoms with E-state index >= 15 is 0 Å². The molecular weight excluding hydrogens is 190 g/mol. The summed E-state index contributed by atoms with van der Waals surface area (Å²) in [7, 11) is 1.92. The lowest BCUT2D eigenvalue weighted by Crippen LogP contribution is -2.11. The maximum atomic E-state index is 5.58. The number of ether oxygens (including phenoxy) is 1. The Morgan fingerprint density at radius 1 is 1.53 bits per heavy atom. The molecule has 1 unspecified atom stereocenters. The zero-order valence-electron chi connectivity index (χ0n) is 9.29. The molecule has 0 bridgehead atoms. The van der Waals surface area contributed by atoms with E-state index in [9.17, 15) is 0 Å². The number of hydrogen-bond acceptors (Lipinski definition) is 4. The Bertz CT molecular complexity index is 335. The van der Waals surface area contributed by atoms with Gasteiger partial charge in [0.1, 0.15) is 6.10 Å². The van der Waals surface area contributed by atoms with Gasteiger partial charge in [0.15, 0.2) is 5.82 Å². The van der Waals surface area contributed by atoms with Crippen LogP contribution >= 0.6 is 0 Å². The molecule has 0 aromatic carbocycles. The number of nitrogens with zero attached hydrogens (tertiary/aromatic N) is 2. The number of aryl methyl sites for hydroxylation is 1. The second-order valence-corrected chi connectivity index (χ2v) is 3.89. The Hall–Kier alpha value is -1.00. The minimum atomic E-state index is 0.112. The van der Waals surface area contributed by atoms with Crippen molar-refractivity contribution < 1.29 is 4.74 Å². The molecule has 2 rings (SSSR count). The minimum Gasteiger partial charge on any atom is -0.370 e. The molecule has 0 saturated carbocycles. The Labute approximate surface area is 90.1 Å². The summed E-state index contributed by atoms with van der Waals surface area (Å²) in [6.45, 7) is 3.62. The molecule has 4 heteroatoms. The Morgan fingerprint density at radius 2 is 2.40 bits per heavy atom. The van der Waals surface area contributed by atoms with Crippen molar-refractivity contribution in [2.24, 2.45) is 0 Å². The highest BCUT2D eigenvalue weighted by atomic mass is 16.5. The van der Waals surface area contributed by atoms with Crippen LogP contribution in [0.25, 0.3) is 0 Å². The van der Waals surface area contributed by atoms with Gasteiger partial charge in [-0.3, -0.25) is 0 Å². The highest BCUT2D eigenvalue weighted by Crippen LogP contribution is 2.25. The average molecular weight is 207 g/mol. The van der Waals surface area contributed by atoms with Crippen LogP contribution in [0, 0.1) is 6.92 Å². The maximum absolute atomic E-state index is 5.58. The molecule has 15 heavy (non-hydrogen) atoms. The summed E-state index contributed by atoms with van der Waals surface area (Å²) in [5.41, 5.74) is 2.05. The lowest BCUT2D eigenvalue weighted by atomic mass is 10.2. The first-order valence-electron chi connectivity index (χ1n) is 5.40. The predicted octanol–water partition coefficient (Wildman–Crippen LogP) is 1.36. The summed E-state index contributed by atoms with van der Waals surface area (Å²) < 4.78 is 5.58. The average Bonchev–Trinajstić information content (AvgIpc) is 2.70. The molecule has 2 heterocycles. The van der Waals surface area contributed by atoms with Crippen molar-refractivity contribution in [2.75, 3.05) is 13.7 Å². The highest BCUT2D eigenvalue weighted by molar-refractivity contribution is 5.11. The normalized spacial score (nSPS) is 20.8. The van der Waals surface area contributed by atoms with E-state index in [4.69, 9.17) is 4.74 Å². The van der Waals surface area contributed by atoms with Crippen LogP contribution < -0.4 is 5.32 Å². The fourth-order valence-electron chi connectivity index (χ4n) is 1.86. The molecule has 0 radical (unpaired) electrons. The summed E-state index contributed by atoms with van der Waals surface area (Å²) in [5, 5.41) is 3.10. The van der Waals surface area contributed by atoms with Crippen LogP contribution in [-0.2, 0) is 11.3 Å². The van der Waals surface area contributed by atoms with Gasteiger partial charge in [0.2, 0.25) is 0 Å². The third kappa shape index (κ3) is 2.52. The molecule has 1 aromatic rings. The van der Waals surface area contributed by atoms with Gasteiger partial charge in [0, 0.05) is 18.8 Å².